The van der Waals surface area contributed by atoms with Crippen LogP contribution >= 0.6 is 0 Å². The van der Waals surface area contributed by atoms with Crippen LogP contribution in [0.15, 0.2) is 11.1 Å². The van der Waals surface area contributed by atoms with Gasteiger partial charge in [0.2, 0.25) is 0 Å². The number of hydrogen-bond donors (Lipinski definition) is 0. The second kappa shape index (κ2) is 3.74. The zero-order valence-corrected chi connectivity index (χ0v) is 8.59. The molecule has 0 N–H and O–H groups in total. The van der Waals surface area contributed by atoms with Gasteiger partial charge in [0.15, 0.2) is 5.78 Å². The van der Waals surface area contributed by atoms with E-state index in [0.29, 0.717) is 17.6 Å². The van der Waals surface area contributed by atoms with Crippen molar-refractivity contribution in [3.8, 4) is 0 Å². The van der Waals surface area contributed by atoms with Gasteiger partial charge < -0.3 is 0 Å². The topological polar surface area (TPSA) is 54.5 Å². The Morgan fingerprint density at radius 2 is 1.57 bits per heavy atom. The van der Waals surface area contributed by atoms with Crippen molar-refractivity contribution in [1.82, 2.24) is 4.90 Å². The highest BCUT2D eigenvalue weighted by Gasteiger charge is 2.33. The lowest BCUT2D eigenvalue weighted by Gasteiger charge is -2.12. The van der Waals surface area contributed by atoms with Crippen LogP contribution in [0.2, 0.25) is 0 Å². The van der Waals surface area contributed by atoms with Gasteiger partial charge in [-0.25, -0.2) is 0 Å². The molecule has 14 heavy (non-hydrogen) atoms. The van der Waals surface area contributed by atoms with Crippen LogP contribution in [0.3, 0.4) is 0 Å². The van der Waals surface area contributed by atoms with Crippen molar-refractivity contribution in [2.24, 2.45) is 0 Å². The minimum atomic E-state index is -0.339. The Labute approximate surface area is 82.6 Å². The summed E-state index contributed by atoms with van der Waals surface area (Å²) in [6, 6.07) is 0. The van der Waals surface area contributed by atoms with E-state index < -0.39 is 0 Å². The van der Waals surface area contributed by atoms with Gasteiger partial charge in [-0.1, -0.05) is 6.92 Å². The number of hydrogen-bond acceptors (Lipinski definition) is 3. The molecule has 1 aliphatic rings. The smallest absolute Gasteiger partial charge is 0.257 e. The van der Waals surface area contributed by atoms with E-state index in [2.05, 4.69) is 0 Å². The SMILES string of the molecule is CCC(=O)CN1C(=O)C(C)=C(C)C1=O. The van der Waals surface area contributed by atoms with Crippen LogP contribution in [0.5, 0.6) is 0 Å². The van der Waals surface area contributed by atoms with Crippen LogP contribution in [0.4, 0.5) is 0 Å². The number of imide groups is 1. The molecule has 0 atom stereocenters. The molecule has 1 aliphatic heterocycles. The van der Waals surface area contributed by atoms with Crippen molar-refractivity contribution in [2.45, 2.75) is 27.2 Å². The number of nitrogens with zero attached hydrogens (tertiary/aromatic N) is 1. The summed E-state index contributed by atoms with van der Waals surface area (Å²) >= 11 is 0. The molecule has 4 heteroatoms. The molecule has 0 aromatic carbocycles. The first kappa shape index (κ1) is 10.6. The molecule has 76 valence electrons. The monoisotopic (exact) mass is 195 g/mol. The molecule has 0 fully saturated rings. The van der Waals surface area contributed by atoms with Gasteiger partial charge in [-0.2, -0.15) is 0 Å². The predicted molar refractivity (Wildman–Crippen MR) is 50.4 cm³/mol. The maximum Gasteiger partial charge on any atom is 0.257 e. The number of carbonyl (C=O) groups is 3. The Hall–Kier alpha value is -1.45. The van der Waals surface area contributed by atoms with E-state index in [-0.39, 0.29) is 24.1 Å². The minimum Gasteiger partial charge on any atom is -0.298 e. The molecular weight excluding hydrogens is 182 g/mol. The Balaban J connectivity index is 2.82. The lowest BCUT2D eigenvalue weighted by atomic mass is 10.2. The fraction of sp³-hybridized carbons (Fsp3) is 0.500. The molecule has 0 aromatic heterocycles. The number of rotatable bonds is 3. The van der Waals surface area contributed by atoms with E-state index in [4.69, 9.17) is 0 Å². The largest absolute Gasteiger partial charge is 0.298 e. The Kier molecular flexibility index (Phi) is 2.84. The summed E-state index contributed by atoms with van der Waals surface area (Å²) in [4.78, 5) is 35.1. The van der Waals surface area contributed by atoms with Crippen LogP contribution in [0.1, 0.15) is 27.2 Å². The molecule has 0 radical (unpaired) electrons. The van der Waals surface area contributed by atoms with Crippen LogP contribution in [0, 0.1) is 0 Å². The molecule has 0 spiro atoms. The highest BCUT2D eigenvalue weighted by Crippen LogP contribution is 2.19. The second-order valence-electron chi connectivity index (χ2n) is 3.34. The van der Waals surface area contributed by atoms with Crippen molar-refractivity contribution in [3.05, 3.63) is 11.1 Å². The van der Waals surface area contributed by atoms with Crippen molar-refractivity contribution >= 4 is 17.6 Å². The summed E-state index contributed by atoms with van der Waals surface area (Å²) in [5.41, 5.74) is 0.887. The average Bonchev–Trinajstić information content (AvgIpc) is 2.35. The maximum atomic E-state index is 11.5. The molecule has 0 bridgehead atoms. The first-order valence-corrected chi connectivity index (χ1v) is 4.54. The molecule has 1 heterocycles. The van der Waals surface area contributed by atoms with E-state index in [1.807, 2.05) is 0 Å². The quantitative estimate of drug-likeness (QED) is 0.622. The Morgan fingerprint density at radius 3 is 1.93 bits per heavy atom. The Bertz CT molecular complexity index is 317. The third kappa shape index (κ3) is 1.60. The summed E-state index contributed by atoms with van der Waals surface area (Å²) in [6.45, 7) is 4.82. The van der Waals surface area contributed by atoms with Crippen LogP contribution in [-0.2, 0) is 14.4 Å². The predicted octanol–water partition coefficient (Wildman–Crippen LogP) is 0.671. The summed E-state index contributed by atoms with van der Waals surface area (Å²) < 4.78 is 0. The molecule has 0 saturated carbocycles. The van der Waals surface area contributed by atoms with Crippen LogP contribution in [-0.4, -0.2) is 29.0 Å². The van der Waals surface area contributed by atoms with Gasteiger partial charge in [-0.3, -0.25) is 19.3 Å². The van der Waals surface area contributed by atoms with Gasteiger partial charge in [0.1, 0.15) is 0 Å². The van der Waals surface area contributed by atoms with Crippen molar-refractivity contribution < 1.29 is 14.4 Å². The molecule has 0 unspecified atom stereocenters. The summed E-state index contributed by atoms with van der Waals surface area (Å²) in [5, 5.41) is 0. The normalized spacial score (nSPS) is 16.9. The molecular formula is C10H13NO3. The second-order valence-corrected chi connectivity index (χ2v) is 3.34. The van der Waals surface area contributed by atoms with Gasteiger partial charge >= 0.3 is 0 Å². The summed E-state index contributed by atoms with van der Waals surface area (Å²) in [6.07, 6.45) is 0.342. The molecule has 0 saturated heterocycles. The fourth-order valence-corrected chi connectivity index (χ4v) is 1.25. The zero-order chi connectivity index (χ0) is 10.9. The van der Waals surface area contributed by atoms with E-state index in [1.165, 1.54) is 0 Å². The van der Waals surface area contributed by atoms with Gasteiger partial charge in [0.05, 0.1) is 6.54 Å². The van der Waals surface area contributed by atoms with Gasteiger partial charge in [0, 0.05) is 17.6 Å². The molecule has 4 nitrogen and oxygen atoms in total. The molecule has 1 rings (SSSR count). The Morgan fingerprint density at radius 1 is 1.14 bits per heavy atom. The summed E-state index contributed by atoms with van der Waals surface area (Å²) in [7, 11) is 0. The third-order valence-corrected chi connectivity index (χ3v) is 2.42. The van der Waals surface area contributed by atoms with E-state index in [9.17, 15) is 14.4 Å². The van der Waals surface area contributed by atoms with Gasteiger partial charge in [0.25, 0.3) is 11.8 Å². The molecule has 2 amide bonds. The van der Waals surface area contributed by atoms with Gasteiger partial charge in [-0.05, 0) is 13.8 Å². The zero-order valence-electron chi connectivity index (χ0n) is 8.59. The number of Topliss-reactive ketones (excluding diaryl/α,β-unsaturated/α-hetero) is 1. The van der Waals surface area contributed by atoms with Gasteiger partial charge in [-0.15, -0.1) is 0 Å². The lowest BCUT2D eigenvalue weighted by Crippen LogP contribution is -2.36. The van der Waals surface area contributed by atoms with Crippen molar-refractivity contribution in [1.29, 1.82) is 0 Å². The standard InChI is InChI=1S/C10H13NO3/c1-4-8(12)5-11-9(13)6(2)7(3)10(11)14/h4-5H2,1-3H3. The number of carbonyl (C=O) groups excluding carboxylic acids is 3. The number of ketones is 1. The highest BCUT2D eigenvalue weighted by molar-refractivity contribution is 6.19. The van der Waals surface area contributed by atoms with E-state index in [1.54, 1.807) is 20.8 Å². The minimum absolute atomic E-state index is 0.0944. The maximum absolute atomic E-state index is 11.5. The third-order valence-electron chi connectivity index (χ3n) is 2.42. The van der Waals surface area contributed by atoms with Crippen molar-refractivity contribution in [3.63, 3.8) is 0 Å². The van der Waals surface area contributed by atoms with E-state index >= 15 is 0 Å². The van der Waals surface area contributed by atoms with Crippen molar-refractivity contribution in [2.75, 3.05) is 6.54 Å². The van der Waals surface area contributed by atoms with Crippen LogP contribution in [0.25, 0.3) is 0 Å². The number of amides is 2. The average molecular weight is 195 g/mol. The molecule has 0 aromatic rings. The fourth-order valence-electron chi connectivity index (χ4n) is 1.25. The van der Waals surface area contributed by atoms with Crippen LogP contribution < -0.4 is 0 Å². The lowest BCUT2D eigenvalue weighted by molar-refractivity contribution is -0.141. The molecule has 0 aliphatic carbocycles. The summed E-state index contributed by atoms with van der Waals surface area (Å²) in [5.74, 6) is -0.780. The first-order chi connectivity index (χ1) is 6.49. The highest BCUT2D eigenvalue weighted by atomic mass is 16.2. The van der Waals surface area contributed by atoms with E-state index in [0.717, 1.165) is 4.90 Å². The first-order valence-electron chi connectivity index (χ1n) is 4.54.